The van der Waals surface area contributed by atoms with Crippen LogP contribution in [-0.4, -0.2) is 18.8 Å². The Kier molecular flexibility index (Phi) is 3.12. The molecule has 0 amide bonds. The van der Waals surface area contributed by atoms with Gasteiger partial charge in [0.25, 0.3) is 0 Å². The van der Waals surface area contributed by atoms with Crippen molar-refractivity contribution >= 4 is 0 Å². The third-order valence-electron chi connectivity index (χ3n) is 3.13. The second kappa shape index (κ2) is 4.37. The monoisotopic (exact) mass is 209 g/mol. The summed E-state index contributed by atoms with van der Waals surface area (Å²) in [6.45, 7) is 6.12. The second-order valence-electron chi connectivity index (χ2n) is 4.56. The van der Waals surface area contributed by atoms with E-state index in [1.54, 1.807) is 12.5 Å². The van der Waals surface area contributed by atoms with Gasteiger partial charge in [-0.2, -0.15) is 0 Å². The lowest BCUT2D eigenvalue weighted by Gasteiger charge is -2.25. The summed E-state index contributed by atoms with van der Waals surface area (Å²) in [5.41, 5.74) is 1.22. The molecule has 1 aromatic heterocycles. The first-order valence-electron chi connectivity index (χ1n) is 5.59. The summed E-state index contributed by atoms with van der Waals surface area (Å²) >= 11 is 0. The molecular weight excluding hydrogens is 190 g/mol. The summed E-state index contributed by atoms with van der Waals surface area (Å²) < 4.78 is 10.8. The van der Waals surface area contributed by atoms with E-state index in [9.17, 15) is 0 Å². The zero-order valence-electron chi connectivity index (χ0n) is 9.45. The third-order valence-corrected chi connectivity index (χ3v) is 3.13. The van der Waals surface area contributed by atoms with Gasteiger partial charge in [0.05, 0.1) is 18.1 Å². The number of hydrogen-bond donors (Lipinski definition) is 1. The molecule has 1 N–H and O–H groups in total. The zero-order chi connectivity index (χ0) is 10.7. The first-order chi connectivity index (χ1) is 7.20. The maximum atomic E-state index is 5.72. The van der Waals surface area contributed by atoms with Crippen LogP contribution in [0.4, 0.5) is 0 Å². The summed E-state index contributed by atoms with van der Waals surface area (Å²) in [5.74, 6) is 0. The van der Waals surface area contributed by atoms with Gasteiger partial charge >= 0.3 is 0 Å². The van der Waals surface area contributed by atoms with Crippen molar-refractivity contribution in [1.29, 1.82) is 0 Å². The average Bonchev–Trinajstić information content (AvgIpc) is 2.85. The molecule has 0 aliphatic carbocycles. The highest BCUT2D eigenvalue weighted by Gasteiger charge is 2.29. The Morgan fingerprint density at radius 1 is 1.60 bits per heavy atom. The normalized spacial score (nSPS) is 28.1. The second-order valence-corrected chi connectivity index (χ2v) is 4.56. The summed E-state index contributed by atoms with van der Waals surface area (Å²) in [5, 5.41) is 3.48. The van der Waals surface area contributed by atoms with E-state index in [4.69, 9.17) is 9.15 Å². The Morgan fingerprint density at radius 2 is 2.47 bits per heavy atom. The molecule has 0 saturated carbocycles. The Hall–Kier alpha value is -0.800. The predicted octanol–water partition coefficient (Wildman–Crippen LogP) is 2.50. The number of rotatable bonds is 4. The quantitative estimate of drug-likeness (QED) is 0.827. The molecule has 1 aromatic rings. The van der Waals surface area contributed by atoms with Gasteiger partial charge in [0.15, 0.2) is 0 Å². The number of nitrogens with one attached hydrogen (secondary N) is 1. The van der Waals surface area contributed by atoms with Crippen LogP contribution >= 0.6 is 0 Å². The number of hydrogen-bond acceptors (Lipinski definition) is 3. The van der Waals surface area contributed by atoms with Crippen molar-refractivity contribution in [1.82, 2.24) is 5.32 Å². The van der Waals surface area contributed by atoms with Gasteiger partial charge in [-0.05, 0) is 32.8 Å². The van der Waals surface area contributed by atoms with Gasteiger partial charge in [-0.15, -0.1) is 0 Å². The molecule has 2 unspecified atom stereocenters. The number of ether oxygens (including phenoxy) is 1. The lowest BCUT2D eigenvalue weighted by Crippen LogP contribution is -2.38. The van der Waals surface area contributed by atoms with Crippen molar-refractivity contribution in [2.24, 2.45) is 0 Å². The van der Waals surface area contributed by atoms with E-state index in [-0.39, 0.29) is 5.60 Å². The molecule has 0 radical (unpaired) electrons. The van der Waals surface area contributed by atoms with Crippen LogP contribution in [0.5, 0.6) is 0 Å². The fourth-order valence-electron chi connectivity index (χ4n) is 1.98. The van der Waals surface area contributed by atoms with Gasteiger partial charge in [0.2, 0.25) is 0 Å². The predicted molar refractivity (Wildman–Crippen MR) is 58.7 cm³/mol. The summed E-state index contributed by atoms with van der Waals surface area (Å²) in [6.07, 6.45) is 5.83. The van der Waals surface area contributed by atoms with Gasteiger partial charge in [0.1, 0.15) is 0 Å². The van der Waals surface area contributed by atoms with E-state index in [1.165, 1.54) is 12.0 Å². The summed E-state index contributed by atoms with van der Waals surface area (Å²) in [6, 6.07) is 2.32. The van der Waals surface area contributed by atoms with Crippen molar-refractivity contribution in [2.75, 3.05) is 13.2 Å². The Bertz CT molecular complexity index is 289. The largest absolute Gasteiger partial charge is 0.472 e. The van der Waals surface area contributed by atoms with E-state index in [1.807, 2.05) is 6.07 Å². The maximum absolute atomic E-state index is 5.72. The van der Waals surface area contributed by atoms with E-state index in [0.717, 1.165) is 19.6 Å². The average molecular weight is 209 g/mol. The molecule has 0 aromatic carbocycles. The summed E-state index contributed by atoms with van der Waals surface area (Å²) in [7, 11) is 0. The van der Waals surface area contributed by atoms with Crippen molar-refractivity contribution in [2.45, 2.75) is 38.3 Å². The molecule has 84 valence electrons. The van der Waals surface area contributed by atoms with Gasteiger partial charge in [-0.25, -0.2) is 0 Å². The molecule has 1 aliphatic rings. The van der Waals surface area contributed by atoms with Crippen molar-refractivity contribution in [3.63, 3.8) is 0 Å². The van der Waals surface area contributed by atoms with Crippen molar-refractivity contribution in [3.8, 4) is 0 Å². The molecule has 0 bridgehead atoms. The van der Waals surface area contributed by atoms with Gasteiger partial charge in [-0.3, -0.25) is 0 Å². The molecule has 2 heterocycles. The van der Waals surface area contributed by atoms with Crippen LogP contribution in [0.15, 0.2) is 23.0 Å². The standard InChI is InChI=1S/C12H19NO2/c1-10(11-4-7-14-8-11)13-9-12(2)5-3-6-15-12/h4,7-8,10,13H,3,5-6,9H2,1-2H3. The fraction of sp³-hybridized carbons (Fsp3) is 0.667. The van der Waals surface area contributed by atoms with E-state index in [0.29, 0.717) is 6.04 Å². The molecule has 1 saturated heterocycles. The lowest BCUT2D eigenvalue weighted by molar-refractivity contribution is 0.0191. The highest BCUT2D eigenvalue weighted by Crippen LogP contribution is 2.25. The van der Waals surface area contributed by atoms with E-state index < -0.39 is 0 Å². The minimum atomic E-state index is 0.0258. The zero-order valence-corrected chi connectivity index (χ0v) is 9.45. The lowest BCUT2D eigenvalue weighted by atomic mass is 10.0. The van der Waals surface area contributed by atoms with E-state index in [2.05, 4.69) is 19.2 Å². The van der Waals surface area contributed by atoms with Crippen LogP contribution in [-0.2, 0) is 4.74 Å². The summed E-state index contributed by atoms with van der Waals surface area (Å²) in [4.78, 5) is 0. The Labute approximate surface area is 90.8 Å². The van der Waals surface area contributed by atoms with Crippen LogP contribution in [0, 0.1) is 0 Å². The third kappa shape index (κ3) is 2.61. The molecule has 2 atom stereocenters. The minimum Gasteiger partial charge on any atom is -0.472 e. The molecule has 3 nitrogen and oxygen atoms in total. The topological polar surface area (TPSA) is 34.4 Å². The van der Waals surface area contributed by atoms with Crippen LogP contribution in [0.1, 0.15) is 38.3 Å². The molecular formula is C12H19NO2. The SMILES string of the molecule is CC(NCC1(C)CCCO1)c1ccoc1. The van der Waals surface area contributed by atoms with E-state index >= 15 is 0 Å². The molecule has 1 fully saturated rings. The number of furan rings is 1. The Balaban J connectivity index is 1.83. The van der Waals surface area contributed by atoms with Gasteiger partial charge in [-0.1, -0.05) is 0 Å². The molecule has 2 rings (SSSR count). The first kappa shape index (κ1) is 10.7. The van der Waals surface area contributed by atoms with Crippen molar-refractivity contribution < 1.29 is 9.15 Å². The highest BCUT2D eigenvalue weighted by atomic mass is 16.5. The van der Waals surface area contributed by atoms with Gasteiger partial charge in [0, 0.05) is 24.8 Å². The minimum absolute atomic E-state index is 0.0258. The van der Waals surface area contributed by atoms with Gasteiger partial charge < -0.3 is 14.5 Å². The van der Waals surface area contributed by atoms with Crippen LogP contribution in [0.3, 0.4) is 0 Å². The first-order valence-corrected chi connectivity index (χ1v) is 5.59. The molecule has 1 aliphatic heterocycles. The maximum Gasteiger partial charge on any atom is 0.0950 e. The van der Waals surface area contributed by atoms with Crippen LogP contribution in [0.25, 0.3) is 0 Å². The Morgan fingerprint density at radius 3 is 3.07 bits per heavy atom. The van der Waals surface area contributed by atoms with Crippen LogP contribution < -0.4 is 5.32 Å². The molecule has 3 heteroatoms. The highest BCUT2D eigenvalue weighted by molar-refractivity contribution is 5.10. The smallest absolute Gasteiger partial charge is 0.0950 e. The molecule has 0 spiro atoms. The molecule has 15 heavy (non-hydrogen) atoms. The van der Waals surface area contributed by atoms with Crippen molar-refractivity contribution in [3.05, 3.63) is 24.2 Å². The fourth-order valence-corrected chi connectivity index (χ4v) is 1.98. The van der Waals surface area contributed by atoms with Crippen LogP contribution in [0.2, 0.25) is 0 Å².